The van der Waals surface area contributed by atoms with Crippen molar-refractivity contribution in [2.24, 2.45) is 5.92 Å². The Hall–Kier alpha value is -1.36. The van der Waals surface area contributed by atoms with Crippen molar-refractivity contribution in [2.75, 3.05) is 19.6 Å². The topological polar surface area (TPSA) is 50.2 Å². The van der Waals surface area contributed by atoms with Crippen LogP contribution in [0.2, 0.25) is 0 Å². The molecule has 1 N–H and O–H groups in total. The summed E-state index contributed by atoms with van der Waals surface area (Å²) in [6, 6.07) is 0.481. The Morgan fingerprint density at radius 1 is 1.35 bits per heavy atom. The first kappa shape index (κ1) is 16.5. The molecular formula is C18H30N4O. The molecule has 0 radical (unpaired) electrons. The van der Waals surface area contributed by atoms with Crippen molar-refractivity contribution >= 4 is 5.91 Å². The average molecular weight is 318 g/mol. The molecule has 2 aliphatic rings. The summed E-state index contributed by atoms with van der Waals surface area (Å²) in [7, 11) is 0. The quantitative estimate of drug-likeness (QED) is 0.906. The van der Waals surface area contributed by atoms with Gasteiger partial charge in [-0.25, -0.2) is 0 Å². The van der Waals surface area contributed by atoms with Gasteiger partial charge in [-0.3, -0.25) is 9.48 Å². The van der Waals surface area contributed by atoms with Gasteiger partial charge in [0, 0.05) is 36.9 Å². The minimum atomic E-state index is 0.151. The number of amides is 1. The molecule has 5 nitrogen and oxygen atoms in total. The Morgan fingerprint density at radius 3 is 2.74 bits per heavy atom. The molecule has 1 aliphatic heterocycles. The summed E-state index contributed by atoms with van der Waals surface area (Å²) < 4.78 is 2.12. The molecule has 0 saturated carbocycles. The van der Waals surface area contributed by atoms with Gasteiger partial charge in [-0.1, -0.05) is 20.8 Å². The van der Waals surface area contributed by atoms with Gasteiger partial charge < -0.3 is 10.2 Å². The molecule has 1 aromatic rings. The lowest BCUT2D eigenvalue weighted by Gasteiger charge is -2.24. The Bertz CT molecular complexity index is 558. The summed E-state index contributed by atoms with van der Waals surface area (Å²) in [4.78, 5) is 14.9. The van der Waals surface area contributed by atoms with Crippen LogP contribution < -0.4 is 5.32 Å². The van der Waals surface area contributed by atoms with Crippen molar-refractivity contribution < 1.29 is 4.79 Å². The highest BCUT2D eigenvalue weighted by atomic mass is 16.2. The normalized spacial score (nSPS) is 21.0. The Balaban J connectivity index is 1.91. The minimum absolute atomic E-state index is 0.151. The van der Waals surface area contributed by atoms with Crippen LogP contribution in [-0.4, -0.2) is 46.3 Å². The maximum atomic E-state index is 12.9. The number of nitrogens with zero attached hydrogens (tertiary/aromatic N) is 3. The van der Waals surface area contributed by atoms with Crippen molar-refractivity contribution in [2.45, 2.75) is 65.5 Å². The molecule has 1 aliphatic carbocycles. The second kappa shape index (κ2) is 7.04. The number of carbonyl (C=O) groups is 1. The summed E-state index contributed by atoms with van der Waals surface area (Å²) in [5, 5.41) is 8.32. The van der Waals surface area contributed by atoms with E-state index >= 15 is 0 Å². The Kier molecular flexibility index (Phi) is 5.05. The van der Waals surface area contributed by atoms with E-state index < -0.39 is 0 Å². The first-order valence-corrected chi connectivity index (χ1v) is 9.21. The van der Waals surface area contributed by atoms with Gasteiger partial charge in [0.2, 0.25) is 0 Å². The van der Waals surface area contributed by atoms with Gasteiger partial charge in [-0.05, 0) is 44.6 Å². The molecule has 1 fully saturated rings. The zero-order valence-corrected chi connectivity index (χ0v) is 14.8. The smallest absolute Gasteiger partial charge is 0.274 e. The zero-order chi connectivity index (χ0) is 16.4. The summed E-state index contributed by atoms with van der Waals surface area (Å²) >= 11 is 0. The van der Waals surface area contributed by atoms with Crippen LogP contribution in [0.25, 0.3) is 0 Å². The van der Waals surface area contributed by atoms with Crippen molar-refractivity contribution in [1.82, 2.24) is 20.0 Å². The summed E-state index contributed by atoms with van der Waals surface area (Å²) in [6.45, 7) is 10.2. The molecule has 0 spiro atoms. The molecule has 128 valence electrons. The van der Waals surface area contributed by atoms with E-state index in [2.05, 4.69) is 30.8 Å². The van der Waals surface area contributed by atoms with E-state index in [1.54, 1.807) is 0 Å². The van der Waals surface area contributed by atoms with Gasteiger partial charge in [0.05, 0.1) is 0 Å². The molecule has 1 saturated heterocycles. The lowest BCUT2D eigenvalue weighted by molar-refractivity contribution is 0.0784. The van der Waals surface area contributed by atoms with Crippen LogP contribution in [0.1, 0.15) is 61.8 Å². The molecule has 23 heavy (non-hydrogen) atoms. The first-order valence-electron chi connectivity index (χ1n) is 9.21. The van der Waals surface area contributed by atoms with Crippen LogP contribution in [-0.2, 0) is 19.4 Å². The number of carbonyl (C=O) groups excluding carboxylic acids is 1. The van der Waals surface area contributed by atoms with Crippen LogP contribution in [0.4, 0.5) is 0 Å². The largest absolute Gasteiger partial charge is 0.337 e. The van der Waals surface area contributed by atoms with E-state index in [4.69, 9.17) is 5.10 Å². The summed E-state index contributed by atoms with van der Waals surface area (Å²) in [5.41, 5.74) is 3.24. The lowest BCUT2D eigenvalue weighted by atomic mass is 9.91. The Labute approximate surface area is 139 Å². The highest BCUT2D eigenvalue weighted by Gasteiger charge is 2.31. The lowest BCUT2D eigenvalue weighted by Crippen LogP contribution is -2.36. The molecular weight excluding hydrogens is 288 g/mol. The van der Waals surface area contributed by atoms with E-state index in [9.17, 15) is 4.79 Å². The molecule has 2 heterocycles. The van der Waals surface area contributed by atoms with Crippen molar-refractivity contribution in [3.05, 3.63) is 17.0 Å². The van der Waals surface area contributed by atoms with Crippen LogP contribution in [0.3, 0.4) is 0 Å². The predicted octanol–water partition coefficient (Wildman–Crippen LogP) is 2.24. The van der Waals surface area contributed by atoms with Gasteiger partial charge in [-0.2, -0.15) is 5.10 Å². The SMILES string of the molecule is CCNC1CCc2c(c(C(=O)N3CCCC3)nn2CC(C)C)C1. The molecule has 1 amide bonds. The number of hydrogen-bond acceptors (Lipinski definition) is 3. The average Bonchev–Trinajstić information content (AvgIpc) is 3.15. The minimum Gasteiger partial charge on any atom is -0.337 e. The molecule has 0 bridgehead atoms. The number of aromatic nitrogens is 2. The van der Waals surface area contributed by atoms with Gasteiger partial charge in [0.15, 0.2) is 5.69 Å². The van der Waals surface area contributed by atoms with E-state index in [0.717, 1.165) is 64.0 Å². The number of rotatable bonds is 5. The second-order valence-corrected chi connectivity index (χ2v) is 7.35. The fourth-order valence-electron chi connectivity index (χ4n) is 3.89. The highest BCUT2D eigenvalue weighted by Crippen LogP contribution is 2.27. The fourth-order valence-corrected chi connectivity index (χ4v) is 3.89. The van der Waals surface area contributed by atoms with Crippen LogP contribution in [0.5, 0.6) is 0 Å². The monoisotopic (exact) mass is 318 g/mol. The number of fused-ring (bicyclic) bond motifs is 1. The fraction of sp³-hybridized carbons (Fsp3) is 0.778. The molecule has 0 aromatic carbocycles. The van der Waals surface area contributed by atoms with Gasteiger partial charge in [0.1, 0.15) is 0 Å². The number of likely N-dealkylation sites (N-methyl/N-ethyl adjacent to an activating group) is 1. The second-order valence-electron chi connectivity index (χ2n) is 7.35. The third kappa shape index (κ3) is 3.44. The summed E-state index contributed by atoms with van der Waals surface area (Å²) in [5.74, 6) is 0.693. The maximum absolute atomic E-state index is 12.9. The summed E-state index contributed by atoms with van der Waals surface area (Å²) in [6.07, 6.45) is 5.36. The van der Waals surface area contributed by atoms with E-state index in [-0.39, 0.29) is 5.91 Å². The van der Waals surface area contributed by atoms with Crippen LogP contribution >= 0.6 is 0 Å². The number of nitrogens with one attached hydrogen (secondary N) is 1. The van der Waals surface area contributed by atoms with E-state index in [1.165, 1.54) is 11.3 Å². The molecule has 5 heteroatoms. The molecule has 3 rings (SSSR count). The van der Waals surface area contributed by atoms with Crippen molar-refractivity contribution in [1.29, 1.82) is 0 Å². The van der Waals surface area contributed by atoms with Crippen molar-refractivity contribution in [3.8, 4) is 0 Å². The third-order valence-corrected chi connectivity index (χ3v) is 4.97. The first-order chi connectivity index (χ1) is 11.1. The van der Waals surface area contributed by atoms with Crippen LogP contribution in [0.15, 0.2) is 0 Å². The number of likely N-dealkylation sites (tertiary alicyclic amines) is 1. The van der Waals surface area contributed by atoms with Crippen LogP contribution in [0, 0.1) is 5.92 Å². The van der Waals surface area contributed by atoms with E-state index in [0.29, 0.717) is 12.0 Å². The number of hydrogen-bond donors (Lipinski definition) is 1. The zero-order valence-electron chi connectivity index (χ0n) is 14.8. The molecule has 1 atom stereocenters. The molecule has 1 aromatic heterocycles. The van der Waals surface area contributed by atoms with Gasteiger partial charge in [0.25, 0.3) is 5.91 Å². The van der Waals surface area contributed by atoms with E-state index in [1.807, 2.05) is 4.90 Å². The molecule has 1 unspecified atom stereocenters. The standard InChI is InChI=1S/C18H30N4O/c1-4-19-14-7-8-16-15(11-14)17(20-22(16)12-13(2)3)18(23)21-9-5-6-10-21/h13-14,19H,4-12H2,1-3H3. The van der Waals surface area contributed by atoms with Gasteiger partial charge in [-0.15, -0.1) is 0 Å². The maximum Gasteiger partial charge on any atom is 0.274 e. The third-order valence-electron chi connectivity index (χ3n) is 4.97. The predicted molar refractivity (Wildman–Crippen MR) is 91.7 cm³/mol. The Morgan fingerprint density at radius 2 is 2.09 bits per heavy atom. The van der Waals surface area contributed by atoms with Crippen molar-refractivity contribution in [3.63, 3.8) is 0 Å². The highest BCUT2D eigenvalue weighted by molar-refractivity contribution is 5.94. The van der Waals surface area contributed by atoms with Gasteiger partial charge >= 0.3 is 0 Å².